The molecule has 12 heteroatoms. The van der Waals surface area contributed by atoms with Gasteiger partial charge >= 0.3 is 5.97 Å². The maximum atomic E-state index is 12.6. The molecular formula is C14H18N6O5S. The van der Waals surface area contributed by atoms with E-state index < -0.39 is 21.9 Å². The van der Waals surface area contributed by atoms with E-state index >= 15 is 0 Å². The van der Waals surface area contributed by atoms with Gasteiger partial charge < -0.3 is 10.0 Å². The van der Waals surface area contributed by atoms with E-state index in [2.05, 4.69) is 10.2 Å². The highest BCUT2D eigenvalue weighted by atomic mass is 32.2. The van der Waals surface area contributed by atoms with Crippen LogP contribution in [0.15, 0.2) is 23.5 Å². The van der Waals surface area contributed by atoms with Crippen molar-refractivity contribution in [2.45, 2.75) is 4.90 Å². The molecule has 2 aromatic rings. The zero-order valence-electron chi connectivity index (χ0n) is 14.2. The molecule has 1 saturated heterocycles. The molecule has 1 aliphatic rings. The number of hydrogen-bond donors (Lipinski definition) is 1. The molecule has 1 aliphatic heterocycles. The van der Waals surface area contributed by atoms with Gasteiger partial charge in [-0.05, 0) is 0 Å². The third-order valence-corrected chi connectivity index (χ3v) is 5.96. The lowest BCUT2D eigenvalue weighted by atomic mass is 10.2. The van der Waals surface area contributed by atoms with Gasteiger partial charge in [0.1, 0.15) is 10.5 Å². The van der Waals surface area contributed by atoms with Crippen molar-refractivity contribution in [2.24, 2.45) is 14.1 Å². The number of carbonyl (C=O) groups is 2. The summed E-state index contributed by atoms with van der Waals surface area (Å²) in [5.74, 6) is -1.76. The summed E-state index contributed by atoms with van der Waals surface area (Å²) in [7, 11) is -0.517. The minimum absolute atomic E-state index is 0.0951. The minimum atomic E-state index is -3.67. The predicted molar refractivity (Wildman–Crippen MR) is 88.0 cm³/mol. The SMILES string of the molecule is Cn1cc(S(=O)(=O)N2CCN(C(=O)c3nn(C)cc3C(=O)O)CC2)cn1. The van der Waals surface area contributed by atoms with Crippen molar-refractivity contribution < 1.29 is 23.1 Å². The molecule has 140 valence electrons. The van der Waals surface area contributed by atoms with Crippen LogP contribution in [0.2, 0.25) is 0 Å². The second-order valence-electron chi connectivity index (χ2n) is 5.92. The Hall–Kier alpha value is -2.73. The fraction of sp³-hybridized carbons (Fsp3) is 0.429. The van der Waals surface area contributed by atoms with Crippen molar-refractivity contribution >= 4 is 21.9 Å². The lowest BCUT2D eigenvalue weighted by Gasteiger charge is -2.33. The Kier molecular flexibility index (Phi) is 4.54. The lowest BCUT2D eigenvalue weighted by Crippen LogP contribution is -2.50. The van der Waals surface area contributed by atoms with Crippen molar-refractivity contribution in [2.75, 3.05) is 26.2 Å². The van der Waals surface area contributed by atoms with Crippen LogP contribution in [-0.4, -0.2) is 80.3 Å². The first-order valence-corrected chi connectivity index (χ1v) is 9.19. The van der Waals surface area contributed by atoms with E-state index in [0.29, 0.717) is 0 Å². The van der Waals surface area contributed by atoms with Crippen LogP contribution < -0.4 is 0 Å². The summed E-state index contributed by atoms with van der Waals surface area (Å²) in [6, 6.07) is 0. The van der Waals surface area contributed by atoms with Crippen LogP contribution in [0.5, 0.6) is 0 Å². The third kappa shape index (κ3) is 3.20. The van der Waals surface area contributed by atoms with Crippen molar-refractivity contribution in [3.05, 3.63) is 29.8 Å². The van der Waals surface area contributed by atoms with Crippen molar-refractivity contribution in [3.63, 3.8) is 0 Å². The topological polar surface area (TPSA) is 131 Å². The molecule has 0 aliphatic carbocycles. The number of aromatic nitrogens is 4. The molecule has 1 amide bonds. The molecule has 3 heterocycles. The molecule has 0 aromatic carbocycles. The van der Waals surface area contributed by atoms with Crippen LogP contribution in [0.25, 0.3) is 0 Å². The third-order valence-electron chi connectivity index (χ3n) is 4.11. The summed E-state index contributed by atoms with van der Waals surface area (Å²) in [5.41, 5.74) is -0.327. The highest BCUT2D eigenvalue weighted by molar-refractivity contribution is 7.89. The second kappa shape index (κ2) is 6.53. The van der Waals surface area contributed by atoms with Crippen molar-refractivity contribution in [1.82, 2.24) is 28.8 Å². The Morgan fingerprint density at radius 1 is 1.08 bits per heavy atom. The van der Waals surface area contributed by atoms with Gasteiger partial charge in [-0.2, -0.15) is 14.5 Å². The number of aryl methyl sites for hydroxylation is 2. The van der Waals surface area contributed by atoms with E-state index in [1.165, 1.54) is 44.2 Å². The van der Waals surface area contributed by atoms with E-state index in [-0.39, 0.29) is 42.3 Å². The number of carboxylic acid groups (broad SMARTS) is 1. The van der Waals surface area contributed by atoms with Crippen LogP contribution in [0.3, 0.4) is 0 Å². The molecule has 0 saturated carbocycles. The largest absolute Gasteiger partial charge is 0.478 e. The smallest absolute Gasteiger partial charge is 0.339 e. The first kappa shape index (κ1) is 18.1. The predicted octanol–water partition coefficient (Wildman–Crippen LogP) is -1.00. The van der Waals surface area contributed by atoms with Gasteiger partial charge in [0.15, 0.2) is 5.69 Å². The number of sulfonamides is 1. The average molecular weight is 382 g/mol. The Balaban J connectivity index is 1.73. The summed E-state index contributed by atoms with van der Waals surface area (Å²) in [6.07, 6.45) is 3.96. The van der Waals surface area contributed by atoms with Crippen LogP contribution in [-0.2, 0) is 24.1 Å². The van der Waals surface area contributed by atoms with Gasteiger partial charge in [0.2, 0.25) is 10.0 Å². The summed E-state index contributed by atoms with van der Waals surface area (Å²) in [6.45, 7) is 0.512. The normalized spacial score (nSPS) is 16.0. The highest BCUT2D eigenvalue weighted by Gasteiger charge is 2.33. The average Bonchev–Trinajstić information content (AvgIpc) is 3.20. The van der Waals surface area contributed by atoms with Crippen molar-refractivity contribution in [1.29, 1.82) is 0 Å². The molecule has 2 aromatic heterocycles. The Morgan fingerprint density at radius 2 is 1.73 bits per heavy atom. The molecule has 26 heavy (non-hydrogen) atoms. The lowest BCUT2D eigenvalue weighted by molar-refractivity contribution is 0.0653. The number of carboxylic acids is 1. The fourth-order valence-corrected chi connectivity index (χ4v) is 4.17. The number of nitrogens with zero attached hydrogens (tertiary/aromatic N) is 6. The fourth-order valence-electron chi connectivity index (χ4n) is 2.77. The summed E-state index contributed by atoms with van der Waals surface area (Å²) >= 11 is 0. The van der Waals surface area contributed by atoms with Gasteiger partial charge in [-0.3, -0.25) is 14.2 Å². The Bertz CT molecular complexity index is 954. The van der Waals surface area contributed by atoms with Gasteiger partial charge in [-0.15, -0.1) is 0 Å². The number of carbonyl (C=O) groups excluding carboxylic acids is 1. The number of amides is 1. The van der Waals surface area contributed by atoms with Gasteiger partial charge in [0.05, 0.1) is 6.20 Å². The van der Waals surface area contributed by atoms with Crippen LogP contribution in [0.4, 0.5) is 0 Å². The summed E-state index contributed by atoms with van der Waals surface area (Å²) < 4.78 is 29.1. The summed E-state index contributed by atoms with van der Waals surface area (Å²) in [4.78, 5) is 25.3. The molecular weight excluding hydrogens is 364 g/mol. The first-order chi connectivity index (χ1) is 12.2. The number of hydrogen-bond acceptors (Lipinski definition) is 6. The van der Waals surface area contributed by atoms with Gasteiger partial charge in [0, 0.05) is 52.7 Å². The Morgan fingerprint density at radius 3 is 2.27 bits per heavy atom. The monoisotopic (exact) mass is 382 g/mol. The highest BCUT2D eigenvalue weighted by Crippen LogP contribution is 2.18. The molecule has 0 radical (unpaired) electrons. The maximum absolute atomic E-state index is 12.6. The molecule has 3 rings (SSSR count). The molecule has 1 fully saturated rings. The van der Waals surface area contributed by atoms with E-state index in [1.807, 2.05) is 0 Å². The summed E-state index contributed by atoms with van der Waals surface area (Å²) in [5, 5.41) is 17.0. The molecule has 1 N–H and O–H groups in total. The van der Waals surface area contributed by atoms with Crippen molar-refractivity contribution in [3.8, 4) is 0 Å². The van der Waals surface area contributed by atoms with E-state index in [9.17, 15) is 23.1 Å². The quantitative estimate of drug-likeness (QED) is 0.717. The second-order valence-corrected chi connectivity index (χ2v) is 7.85. The van der Waals surface area contributed by atoms with Crippen LogP contribution >= 0.6 is 0 Å². The maximum Gasteiger partial charge on any atom is 0.339 e. The van der Waals surface area contributed by atoms with Gasteiger partial charge in [-0.1, -0.05) is 0 Å². The minimum Gasteiger partial charge on any atom is -0.478 e. The van der Waals surface area contributed by atoms with E-state index in [0.717, 1.165) is 0 Å². The van der Waals surface area contributed by atoms with Gasteiger partial charge in [-0.25, -0.2) is 13.2 Å². The zero-order chi connectivity index (χ0) is 19.1. The van der Waals surface area contributed by atoms with E-state index in [4.69, 9.17) is 0 Å². The molecule has 0 atom stereocenters. The zero-order valence-corrected chi connectivity index (χ0v) is 15.0. The molecule has 11 nitrogen and oxygen atoms in total. The van der Waals surface area contributed by atoms with Crippen LogP contribution in [0, 0.1) is 0 Å². The van der Waals surface area contributed by atoms with E-state index in [1.54, 1.807) is 7.05 Å². The van der Waals surface area contributed by atoms with Crippen LogP contribution in [0.1, 0.15) is 20.8 Å². The number of rotatable bonds is 4. The Labute approximate surface area is 149 Å². The van der Waals surface area contributed by atoms with Gasteiger partial charge in [0.25, 0.3) is 5.91 Å². The number of aromatic carboxylic acids is 1. The molecule has 0 spiro atoms. The molecule has 0 unspecified atom stereocenters. The number of piperazine rings is 1. The standard InChI is InChI=1S/C14H18N6O5S/c1-17-8-10(7-15-17)26(24,25)20-5-3-19(4-6-20)13(21)12-11(14(22)23)9-18(2)16-12/h7-9H,3-6H2,1-2H3,(H,22,23). The molecule has 0 bridgehead atoms. The first-order valence-electron chi connectivity index (χ1n) is 7.75.